The summed E-state index contributed by atoms with van der Waals surface area (Å²) >= 11 is 0. The minimum absolute atomic E-state index is 0.106. The molecule has 0 aliphatic heterocycles. The van der Waals surface area contributed by atoms with E-state index < -0.39 is 11.8 Å². The van der Waals surface area contributed by atoms with Gasteiger partial charge in [0.05, 0.1) is 24.9 Å². The van der Waals surface area contributed by atoms with Gasteiger partial charge in [0, 0.05) is 36.0 Å². The Balaban J connectivity index is 1.53. The van der Waals surface area contributed by atoms with Crippen LogP contribution >= 0.6 is 0 Å². The van der Waals surface area contributed by atoms with E-state index in [-0.39, 0.29) is 19.3 Å². The van der Waals surface area contributed by atoms with Crippen LogP contribution in [0.1, 0.15) is 24.2 Å². The molecule has 4 rings (SSSR count). The van der Waals surface area contributed by atoms with Gasteiger partial charge in [0.1, 0.15) is 18.8 Å². The summed E-state index contributed by atoms with van der Waals surface area (Å²) in [5, 5.41) is 22.6. The van der Waals surface area contributed by atoms with Crippen molar-refractivity contribution in [3.63, 3.8) is 0 Å². The summed E-state index contributed by atoms with van der Waals surface area (Å²) in [4.78, 5) is 17.2. The molecule has 0 aliphatic carbocycles. The van der Waals surface area contributed by atoms with Crippen molar-refractivity contribution in [2.75, 3.05) is 25.8 Å². The van der Waals surface area contributed by atoms with Gasteiger partial charge in [-0.05, 0) is 49.1 Å². The Bertz CT molecular complexity index is 1300. The summed E-state index contributed by atoms with van der Waals surface area (Å²) in [5.41, 5.74) is 1.66. The molecule has 9 nitrogen and oxygen atoms in total. The first kappa shape index (κ1) is 25.3. The molecule has 188 valence electrons. The lowest BCUT2D eigenvalue weighted by Crippen LogP contribution is -2.44. The lowest BCUT2D eigenvalue weighted by atomic mass is 10.0. The maximum absolute atomic E-state index is 12.7. The molecular formula is C27H31N5O4. The quantitative estimate of drug-likeness (QED) is 0.218. The van der Waals surface area contributed by atoms with Crippen LogP contribution in [0.4, 0.5) is 5.82 Å². The van der Waals surface area contributed by atoms with E-state index in [0.29, 0.717) is 17.9 Å². The SMILES string of the molecule is COCOCC(NC(=O)c1ccccc1)Nc1cc2cc(-c3cnn(CC(C)(C)O)c3)ccc2cn1. The number of hydrogen-bond donors (Lipinski definition) is 3. The number of aromatic nitrogens is 3. The molecule has 9 heteroatoms. The van der Waals surface area contributed by atoms with E-state index in [1.54, 1.807) is 50.2 Å². The highest BCUT2D eigenvalue weighted by Crippen LogP contribution is 2.25. The maximum Gasteiger partial charge on any atom is 0.252 e. The zero-order chi connectivity index (χ0) is 25.5. The number of nitrogens with one attached hydrogen (secondary N) is 2. The monoisotopic (exact) mass is 489 g/mol. The molecule has 2 heterocycles. The number of hydrogen-bond acceptors (Lipinski definition) is 7. The van der Waals surface area contributed by atoms with Gasteiger partial charge in [0.25, 0.3) is 5.91 Å². The molecule has 0 spiro atoms. The van der Waals surface area contributed by atoms with Crippen LogP contribution in [-0.2, 0) is 16.0 Å². The van der Waals surface area contributed by atoms with E-state index in [1.807, 2.05) is 42.6 Å². The summed E-state index contributed by atoms with van der Waals surface area (Å²) in [7, 11) is 1.54. The fourth-order valence-corrected chi connectivity index (χ4v) is 3.77. The first-order chi connectivity index (χ1) is 17.3. The number of benzene rings is 2. The van der Waals surface area contributed by atoms with Crippen LogP contribution in [0.15, 0.2) is 73.2 Å². The molecule has 0 bridgehead atoms. The number of carbonyl (C=O) groups excluding carboxylic acids is 1. The Labute approximate surface area is 210 Å². The molecule has 2 aromatic carbocycles. The minimum atomic E-state index is -0.849. The number of ether oxygens (including phenoxy) is 2. The van der Waals surface area contributed by atoms with E-state index in [4.69, 9.17) is 9.47 Å². The van der Waals surface area contributed by atoms with E-state index in [9.17, 15) is 9.90 Å². The van der Waals surface area contributed by atoms with E-state index in [2.05, 4.69) is 26.8 Å². The second kappa shape index (κ2) is 11.3. The summed E-state index contributed by atoms with van der Waals surface area (Å²) in [6.45, 7) is 4.20. The molecule has 2 aromatic heterocycles. The van der Waals surface area contributed by atoms with E-state index in [0.717, 1.165) is 21.9 Å². The van der Waals surface area contributed by atoms with Crippen LogP contribution in [0, 0.1) is 0 Å². The molecule has 1 atom stereocenters. The Hall–Kier alpha value is -3.79. The van der Waals surface area contributed by atoms with Crippen molar-refractivity contribution in [2.24, 2.45) is 0 Å². The van der Waals surface area contributed by atoms with Crippen molar-refractivity contribution in [1.82, 2.24) is 20.1 Å². The number of amides is 1. The Morgan fingerprint density at radius 1 is 1.08 bits per heavy atom. The summed E-state index contributed by atoms with van der Waals surface area (Å²) in [5.74, 6) is 0.372. The molecule has 1 unspecified atom stereocenters. The first-order valence-corrected chi connectivity index (χ1v) is 11.6. The predicted molar refractivity (Wildman–Crippen MR) is 138 cm³/mol. The minimum Gasteiger partial charge on any atom is -0.389 e. The van der Waals surface area contributed by atoms with Crippen LogP contribution in [0.5, 0.6) is 0 Å². The van der Waals surface area contributed by atoms with Gasteiger partial charge in [-0.3, -0.25) is 9.48 Å². The maximum atomic E-state index is 12.7. The summed E-state index contributed by atoms with van der Waals surface area (Å²) < 4.78 is 12.2. The number of pyridine rings is 1. The van der Waals surface area contributed by atoms with Crippen molar-refractivity contribution in [2.45, 2.75) is 32.2 Å². The van der Waals surface area contributed by atoms with Gasteiger partial charge in [-0.1, -0.05) is 30.3 Å². The molecule has 0 aliphatic rings. The average Bonchev–Trinajstić information content (AvgIpc) is 3.31. The lowest BCUT2D eigenvalue weighted by Gasteiger charge is -2.21. The van der Waals surface area contributed by atoms with Crippen molar-refractivity contribution < 1.29 is 19.4 Å². The normalized spacial score (nSPS) is 12.4. The largest absolute Gasteiger partial charge is 0.389 e. The van der Waals surface area contributed by atoms with Gasteiger partial charge in [-0.15, -0.1) is 0 Å². The molecule has 3 N–H and O–H groups in total. The van der Waals surface area contributed by atoms with Crippen LogP contribution in [-0.4, -0.2) is 58.1 Å². The average molecular weight is 490 g/mol. The van der Waals surface area contributed by atoms with Crippen LogP contribution < -0.4 is 10.6 Å². The van der Waals surface area contributed by atoms with Gasteiger partial charge < -0.3 is 25.2 Å². The first-order valence-electron chi connectivity index (χ1n) is 11.6. The molecule has 0 saturated heterocycles. The van der Waals surface area contributed by atoms with Crippen LogP contribution in [0.3, 0.4) is 0 Å². The lowest BCUT2D eigenvalue weighted by molar-refractivity contribution is -0.0352. The van der Waals surface area contributed by atoms with Gasteiger partial charge in [0.15, 0.2) is 0 Å². The number of anilines is 1. The standard InChI is InChI=1S/C27H31N5O4/c1-27(2,34)17-32-15-23(14-29-32)20-9-10-21-13-28-24(12-22(21)11-20)30-25(16-36-18-35-3)31-26(33)19-7-5-4-6-8-19/h4-15,25,34H,16-18H2,1-3H3,(H,28,30)(H,31,33). The zero-order valence-electron chi connectivity index (χ0n) is 20.6. The highest BCUT2D eigenvalue weighted by atomic mass is 16.7. The van der Waals surface area contributed by atoms with Crippen molar-refractivity contribution >= 4 is 22.5 Å². The van der Waals surface area contributed by atoms with Crippen LogP contribution in [0.2, 0.25) is 0 Å². The number of rotatable bonds is 11. The third kappa shape index (κ3) is 6.88. The van der Waals surface area contributed by atoms with E-state index >= 15 is 0 Å². The molecule has 36 heavy (non-hydrogen) atoms. The fourth-order valence-electron chi connectivity index (χ4n) is 3.77. The topological polar surface area (TPSA) is 111 Å². The predicted octanol–water partition coefficient (Wildman–Crippen LogP) is 3.66. The highest BCUT2D eigenvalue weighted by Gasteiger charge is 2.16. The van der Waals surface area contributed by atoms with Gasteiger partial charge >= 0.3 is 0 Å². The van der Waals surface area contributed by atoms with Crippen LogP contribution in [0.25, 0.3) is 21.9 Å². The molecule has 0 saturated carbocycles. The van der Waals surface area contributed by atoms with Crippen molar-refractivity contribution in [3.05, 3.63) is 78.8 Å². The smallest absolute Gasteiger partial charge is 0.252 e. The molecule has 0 radical (unpaired) electrons. The number of nitrogens with zero attached hydrogens (tertiary/aromatic N) is 3. The molecule has 0 fully saturated rings. The van der Waals surface area contributed by atoms with E-state index in [1.165, 1.54) is 0 Å². The van der Waals surface area contributed by atoms with Crippen molar-refractivity contribution in [1.29, 1.82) is 0 Å². The molecule has 1 amide bonds. The molecule has 4 aromatic rings. The van der Waals surface area contributed by atoms with Gasteiger partial charge in [0.2, 0.25) is 0 Å². The summed E-state index contributed by atoms with van der Waals surface area (Å²) in [6.07, 6.45) is 4.96. The zero-order valence-corrected chi connectivity index (χ0v) is 20.6. The number of aliphatic hydroxyl groups is 1. The van der Waals surface area contributed by atoms with Crippen molar-refractivity contribution in [3.8, 4) is 11.1 Å². The third-order valence-electron chi connectivity index (χ3n) is 5.39. The van der Waals surface area contributed by atoms with Gasteiger partial charge in [-0.2, -0.15) is 5.10 Å². The number of fused-ring (bicyclic) bond motifs is 1. The number of carbonyl (C=O) groups is 1. The second-order valence-corrected chi connectivity index (χ2v) is 9.18. The summed E-state index contributed by atoms with van der Waals surface area (Å²) in [6, 6.07) is 17.0. The van der Waals surface area contributed by atoms with Gasteiger partial charge in [-0.25, -0.2) is 4.98 Å². The highest BCUT2D eigenvalue weighted by molar-refractivity contribution is 5.94. The Morgan fingerprint density at radius 2 is 1.89 bits per heavy atom. The Kier molecular flexibility index (Phi) is 7.94. The Morgan fingerprint density at radius 3 is 2.64 bits per heavy atom. The fraction of sp³-hybridized carbons (Fsp3) is 0.296. The second-order valence-electron chi connectivity index (χ2n) is 9.18. The molecular weight excluding hydrogens is 458 g/mol. The number of methoxy groups -OCH3 is 1. The third-order valence-corrected chi connectivity index (χ3v) is 5.39.